The Hall–Kier alpha value is -3.85. The SMILES string of the molecule is NC(=O)c1ccccc1-c1cccc(S(=O)(=O)Nc2cccc(C(=O)O)c2O)c1. The Kier molecular flexibility index (Phi) is 5.24. The molecule has 5 N–H and O–H groups in total. The summed E-state index contributed by atoms with van der Waals surface area (Å²) in [4.78, 5) is 22.6. The van der Waals surface area contributed by atoms with Crippen LogP contribution in [-0.4, -0.2) is 30.5 Å². The van der Waals surface area contributed by atoms with E-state index in [0.29, 0.717) is 11.1 Å². The molecule has 3 rings (SSSR count). The van der Waals surface area contributed by atoms with E-state index in [2.05, 4.69) is 4.72 Å². The van der Waals surface area contributed by atoms with E-state index < -0.39 is 33.2 Å². The lowest BCUT2D eigenvalue weighted by Gasteiger charge is -2.12. The molecule has 0 aromatic heterocycles. The molecule has 0 saturated heterocycles. The Morgan fingerprint density at radius 1 is 0.897 bits per heavy atom. The monoisotopic (exact) mass is 412 g/mol. The average molecular weight is 412 g/mol. The first-order valence-electron chi connectivity index (χ1n) is 8.28. The van der Waals surface area contributed by atoms with Crippen LogP contribution in [0.3, 0.4) is 0 Å². The number of anilines is 1. The van der Waals surface area contributed by atoms with Gasteiger partial charge in [0.25, 0.3) is 10.0 Å². The zero-order valence-corrected chi connectivity index (χ0v) is 15.7. The average Bonchev–Trinajstić information content (AvgIpc) is 2.69. The molecule has 0 aliphatic heterocycles. The second-order valence-electron chi connectivity index (χ2n) is 6.05. The number of carboxylic acid groups (broad SMARTS) is 1. The van der Waals surface area contributed by atoms with Gasteiger partial charge < -0.3 is 15.9 Å². The second kappa shape index (κ2) is 7.64. The van der Waals surface area contributed by atoms with Crippen molar-refractivity contribution in [2.75, 3.05) is 4.72 Å². The van der Waals surface area contributed by atoms with Crippen LogP contribution in [0.15, 0.2) is 71.6 Å². The lowest BCUT2D eigenvalue weighted by atomic mass is 9.99. The molecule has 3 aromatic rings. The molecule has 0 unspecified atom stereocenters. The smallest absolute Gasteiger partial charge is 0.339 e. The first-order chi connectivity index (χ1) is 13.7. The molecule has 9 heteroatoms. The number of carboxylic acids is 1. The van der Waals surface area contributed by atoms with E-state index in [9.17, 15) is 23.1 Å². The maximum Gasteiger partial charge on any atom is 0.339 e. The zero-order chi connectivity index (χ0) is 21.2. The molecule has 1 amide bonds. The van der Waals surface area contributed by atoms with Gasteiger partial charge in [0.2, 0.25) is 5.91 Å². The largest absolute Gasteiger partial charge is 0.505 e. The summed E-state index contributed by atoms with van der Waals surface area (Å²) >= 11 is 0. The number of aromatic carboxylic acids is 1. The van der Waals surface area contributed by atoms with Crippen LogP contribution in [0.5, 0.6) is 5.75 Å². The van der Waals surface area contributed by atoms with Gasteiger partial charge in [-0.25, -0.2) is 13.2 Å². The molecule has 0 bridgehead atoms. The summed E-state index contributed by atoms with van der Waals surface area (Å²) in [5.74, 6) is -2.74. The quantitative estimate of drug-likeness (QED) is 0.458. The van der Waals surface area contributed by atoms with E-state index in [1.807, 2.05) is 0 Å². The van der Waals surface area contributed by atoms with Crippen LogP contribution in [0, 0.1) is 0 Å². The highest BCUT2D eigenvalue weighted by molar-refractivity contribution is 7.92. The highest BCUT2D eigenvalue weighted by atomic mass is 32.2. The van der Waals surface area contributed by atoms with Crippen molar-refractivity contribution >= 4 is 27.6 Å². The number of carbonyl (C=O) groups is 2. The van der Waals surface area contributed by atoms with Crippen molar-refractivity contribution in [1.29, 1.82) is 0 Å². The van der Waals surface area contributed by atoms with Gasteiger partial charge in [-0.1, -0.05) is 36.4 Å². The van der Waals surface area contributed by atoms with Gasteiger partial charge in [0.1, 0.15) is 5.56 Å². The van der Waals surface area contributed by atoms with Crippen molar-refractivity contribution in [3.05, 3.63) is 77.9 Å². The van der Waals surface area contributed by atoms with Crippen LogP contribution in [0.4, 0.5) is 5.69 Å². The van der Waals surface area contributed by atoms with Crippen molar-refractivity contribution in [2.24, 2.45) is 5.73 Å². The van der Waals surface area contributed by atoms with Gasteiger partial charge >= 0.3 is 5.97 Å². The molecule has 148 valence electrons. The summed E-state index contributed by atoms with van der Waals surface area (Å²) in [6.07, 6.45) is 0. The van der Waals surface area contributed by atoms with Crippen molar-refractivity contribution < 1.29 is 28.2 Å². The second-order valence-corrected chi connectivity index (χ2v) is 7.73. The van der Waals surface area contributed by atoms with Crippen LogP contribution in [0.1, 0.15) is 20.7 Å². The number of nitrogens with two attached hydrogens (primary N) is 1. The maximum absolute atomic E-state index is 12.8. The number of nitrogens with one attached hydrogen (secondary N) is 1. The highest BCUT2D eigenvalue weighted by Crippen LogP contribution is 2.31. The van der Waals surface area contributed by atoms with E-state index in [1.165, 1.54) is 36.4 Å². The number of hydrogen-bond acceptors (Lipinski definition) is 5. The predicted octanol–water partition coefficient (Wildman–Crippen LogP) is 2.66. The number of benzene rings is 3. The summed E-state index contributed by atoms with van der Waals surface area (Å²) in [5.41, 5.74) is 5.83. The van der Waals surface area contributed by atoms with E-state index in [1.54, 1.807) is 24.3 Å². The van der Waals surface area contributed by atoms with Gasteiger partial charge in [0, 0.05) is 5.56 Å². The molecule has 0 saturated carbocycles. The minimum atomic E-state index is -4.16. The molecular formula is C20H16N2O6S. The third kappa shape index (κ3) is 4.04. The minimum Gasteiger partial charge on any atom is -0.505 e. The van der Waals surface area contributed by atoms with E-state index >= 15 is 0 Å². The number of para-hydroxylation sites is 1. The molecule has 0 fully saturated rings. The Bertz CT molecular complexity index is 1220. The number of carbonyl (C=O) groups excluding carboxylic acids is 1. The fraction of sp³-hybridized carbons (Fsp3) is 0. The fourth-order valence-corrected chi connectivity index (χ4v) is 3.89. The van der Waals surface area contributed by atoms with Gasteiger partial charge in [0.15, 0.2) is 5.75 Å². The maximum atomic E-state index is 12.8. The van der Waals surface area contributed by atoms with Crippen LogP contribution in [0.2, 0.25) is 0 Å². The lowest BCUT2D eigenvalue weighted by Crippen LogP contribution is -2.14. The van der Waals surface area contributed by atoms with Crippen LogP contribution in [-0.2, 0) is 10.0 Å². The Morgan fingerprint density at radius 3 is 2.24 bits per heavy atom. The molecule has 3 aromatic carbocycles. The zero-order valence-electron chi connectivity index (χ0n) is 14.9. The number of hydrogen-bond donors (Lipinski definition) is 4. The molecule has 29 heavy (non-hydrogen) atoms. The fourth-order valence-electron chi connectivity index (χ4n) is 2.78. The first kappa shape index (κ1) is 19.9. The highest BCUT2D eigenvalue weighted by Gasteiger charge is 2.20. The number of aromatic hydroxyl groups is 1. The number of rotatable bonds is 6. The standard InChI is InChI=1S/C20H16N2O6S/c21-19(24)15-8-2-1-7-14(15)12-5-3-6-13(11-12)29(27,28)22-17-10-4-9-16(18(17)23)20(25)26/h1-11,22-23H,(H2,21,24)(H,25,26). The number of sulfonamides is 1. The molecule has 0 radical (unpaired) electrons. The van der Waals surface area contributed by atoms with Crippen LogP contribution >= 0.6 is 0 Å². The summed E-state index contributed by atoms with van der Waals surface area (Å²) in [6, 6.07) is 16.0. The van der Waals surface area contributed by atoms with Crippen LogP contribution in [0.25, 0.3) is 11.1 Å². The summed E-state index contributed by atoms with van der Waals surface area (Å²) in [6.45, 7) is 0. The topological polar surface area (TPSA) is 147 Å². The Labute approximate surface area is 166 Å². The molecule has 0 atom stereocenters. The third-order valence-electron chi connectivity index (χ3n) is 4.16. The normalized spacial score (nSPS) is 11.0. The number of primary amides is 1. The van der Waals surface area contributed by atoms with Crippen molar-refractivity contribution in [3.63, 3.8) is 0 Å². The van der Waals surface area contributed by atoms with E-state index in [-0.39, 0.29) is 16.1 Å². The first-order valence-corrected chi connectivity index (χ1v) is 9.76. The third-order valence-corrected chi connectivity index (χ3v) is 5.52. The lowest BCUT2D eigenvalue weighted by molar-refractivity contribution is 0.0693. The summed E-state index contributed by atoms with van der Waals surface area (Å²) < 4.78 is 27.7. The van der Waals surface area contributed by atoms with Gasteiger partial charge in [-0.3, -0.25) is 9.52 Å². The minimum absolute atomic E-state index is 0.144. The molecule has 0 aliphatic rings. The van der Waals surface area contributed by atoms with E-state index in [4.69, 9.17) is 10.8 Å². The van der Waals surface area contributed by atoms with Crippen molar-refractivity contribution in [3.8, 4) is 16.9 Å². The van der Waals surface area contributed by atoms with Gasteiger partial charge in [-0.05, 0) is 41.5 Å². The van der Waals surface area contributed by atoms with Gasteiger partial charge in [0.05, 0.1) is 10.6 Å². The van der Waals surface area contributed by atoms with Gasteiger partial charge in [-0.2, -0.15) is 0 Å². The van der Waals surface area contributed by atoms with E-state index in [0.717, 1.165) is 6.07 Å². The Balaban J connectivity index is 2.02. The molecule has 8 nitrogen and oxygen atoms in total. The Morgan fingerprint density at radius 2 is 1.55 bits per heavy atom. The van der Waals surface area contributed by atoms with Crippen molar-refractivity contribution in [1.82, 2.24) is 0 Å². The van der Waals surface area contributed by atoms with Crippen LogP contribution < -0.4 is 10.5 Å². The van der Waals surface area contributed by atoms with Crippen molar-refractivity contribution in [2.45, 2.75) is 4.90 Å². The molecule has 0 aliphatic carbocycles. The van der Waals surface area contributed by atoms with Gasteiger partial charge in [-0.15, -0.1) is 0 Å². The number of phenols is 1. The summed E-state index contributed by atoms with van der Waals surface area (Å²) in [7, 11) is -4.16. The molecule has 0 heterocycles. The molecule has 0 spiro atoms. The molecular weight excluding hydrogens is 396 g/mol. The number of amides is 1. The predicted molar refractivity (Wildman–Crippen MR) is 106 cm³/mol. The summed E-state index contributed by atoms with van der Waals surface area (Å²) in [5, 5.41) is 19.1.